The third-order valence-electron chi connectivity index (χ3n) is 6.11. The molecule has 0 spiro atoms. The Kier molecular flexibility index (Phi) is 5.03. The van der Waals surface area contributed by atoms with Gasteiger partial charge >= 0.3 is 5.69 Å². The summed E-state index contributed by atoms with van der Waals surface area (Å²) in [5.74, 6) is 1.12. The number of ether oxygens (including phenoxy) is 1. The van der Waals surface area contributed by atoms with Gasteiger partial charge in [0.15, 0.2) is 11.2 Å². The average molecular weight is 449 g/mol. The molecule has 0 saturated heterocycles. The predicted octanol–water partition coefficient (Wildman–Crippen LogP) is 2.88. The first-order valence-electron chi connectivity index (χ1n) is 10.7. The van der Waals surface area contributed by atoms with E-state index in [0.717, 1.165) is 16.0 Å². The maximum atomic E-state index is 14.3. The molecule has 1 aliphatic heterocycles. The zero-order valence-corrected chi connectivity index (χ0v) is 18.7. The lowest BCUT2D eigenvalue weighted by Gasteiger charge is -2.33. The van der Waals surface area contributed by atoms with E-state index in [2.05, 4.69) is 6.92 Å². The fourth-order valence-electron chi connectivity index (χ4n) is 4.42. The van der Waals surface area contributed by atoms with E-state index in [9.17, 15) is 14.0 Å². The molecule has 0 unspecified atom stereocenters. The summed E-state index contributed by atoms with van der Waals surface area (Å²) in [7, 11) is 3.20. The van der Waals surface area contributed by atoms with E-state index < -0.39 is 17.1 Å². The van der Waals surface area contributed by atoms with E-state index in [1.807, 2.05) is 33.7 Å². The van der Waals surface area contributed by atoms with Gasteiger partial charge in [-0.3, -0.25) is 13.9 Å². The highest BCUT2D eigenvalue weighted by Crippen LogP contribution is 2.33. The van der Waals surface area contributed by atoms with Crippen molar-refractivity contribution in [1.29, 1.82) is 0 Å². The van der Waals surface area contributed by atoms with E-state index >= 15 is 0 Å². The van der Waals surface area contributed by atoms with E-state index in [4.69, 9.17) is 9.72 Å². The first kappa shape index (κ1) is 21.0. The van der Waals surface area contributed by atoms with Crippen LogP contribution in [0.15, 0.2) is 58.1 Å². The first-order valence-corrected chi connectivity index (χ1v) is 10.7. The number of rotatable bonds is 4. The number of aryl methyl sites for hydroxylation is 1. The van der Waals surface area contributed by atoms with Gasteiger partial charge in [0.05, 0.1) is 13.7 Å². The molecule has 1 aliphatic rings. The molecule has 0 saturated carbocycles. The molecule has 0 aliphatic carbocycles. The monoisotopic (exact) mass is 449 g/mol. The molecule has 0 fully saturated rings. The molecule has 8 nitrogen and oxygen atoms in total. The normalized spacial score (nSPS) is 15.6. The van der Waals surface area contributed by atoms with Gasteiger partial charge in [0.25, 0.3) is 5.56 Å². The van der Waals surface area contributed by atoms with Crippen molar-refractivity contribution in [2.45, 2.75) is 20.0 Å². The van der Waals surface area contributed by atoms with Crippen molar-refractivity contribution in [3.05, 3.63) is 80.7 Å². The Morgan fingerprint density at radius 2 is 1.82 bits per heavy atom. The van der Waals surface area contributed by atoms with Gasteiger partial charge in [-0.25, -0.2) is 9.18 Å². The number of imidazole rings is 1. The fourth-order valence-corrected chi connectivity index (χ4v) is 4.42. The summed E-state index contributed by atoms with van der Waals surface area (Å²) in [6.45, 7) is 3.26. The van der Waals surface area contributed by atoms with Crippen molar-refractivity contribution >= 4 is 22.8 Å². The first-order chi connectivity index (χ1) is 15.9. The lowest BCUT2D eigenvalue weighted by atomic mass is 10.1. The quantitative estimate of drug-likeness (QED) is 0.479. The molecule has 3 heterocycles. The predicted molar refractivity (Wildman–Crippen MR) is 124 cm³/mol. The van der Waals surface area contributed by atoms with E-state index in [0.29, 0.717) is 30.2 Å². The summed E-state index contributed by atoms with van der Waals surface area (Å²) in [4.78, 5) is 33.3. The number of hydrogen-bond acceptors (Lipinski definition) is 5. The smallest absolute Gasteiger partial charge is 0.332 e. The minimum absolute atomic E-state index is 0.146. The summed E-state index contributed by atoms with van der Waals surface area (Å²) in [5, 5.41) is 0. The van der Waals surface area contributed by atoms with E-state index in [1.54, 1.807) is 32.4 Å². The van der Waals surface area contributed by atoms with Crippen LogP contribution in [0, 0.1) is 11.7 Å². The molecule has 4 aromatic rings. The number of methoxy groups -OCH3 is 1. The van der Waals surface area contributed by atoms with Crippen LogP contribution in [0.3, 0.4) is 0 Å². The van der Waals surface area contributed by atoms with Crippen LogP contribution < -0.4 is 20.9 Å². The summed E-state index contributed by atoms with van der Waals surface area (Å²) in [6, 6.07) is 13.8. The summed E-state index contributed by atoms with van der Waals surface area (Å²) < 4.78 is 23.8. The average Bonchev–Trinajstić information content (AvgIpc) is 3.20. The Balaban J connectivity index is 1.70. The Morgan fingerprint density at radius 3 is 2.52 bits per heavy atom. The molecule has 1 atom stereocenters. The maximum Gasteiger partial charge on any atom is 0.332 e. The van der Waals surface area contributed by atoms with Gasteiger partial charge < -0.3 is 14.2 Å². The number of aromatic nitrogens is 4. The van der Waals surface area contributed by atoms with Gasteiger partial charge in [0.1, 0.15) is 11.6 Å². The zero-order chi connectivity index (χ0) is 23.3. The summed E-state index contributed by atoms with van der Waals surface area (Å²) >= 11 is 0. The number of benzene rings is 2. The summed E-state index contributed by atoms with van der Waals surface area (Å²) in [6.07, 6.45) is 0. The highest BCUT2D eigenvalue weighted by molar-refractivity contribution is 5.77. The van der Waals surface area contributed by atoms with Gasteiger partial charge in [0.2, 0.25) is 5.95 Å². The van der Waals surface area contributed by atoms with Crippen LogP contribution >= 0.6 is 0 Å². The number of fused-ring (bicyclic) bond motifs is 3. The van der Waals surface area contributed by atoms with Gasteiger partial charge in [-0.2, -0.15) is 4.98 Å². The minimum atomic E-state index is -0.532. The largest absolute Gasteiger partial charge is 0.497 e. The fraction of sp³-hybridized carbons (Fsp3) is 0.292. The second-order valence-electron chi connectivity index (χ2n) is 8.43. The molecule has 2 aromatic heterocycles. The lowest BCUT2D eigenvalue weighted by molar-refractivity contribution is 0.414. The van der Waals surface area contributed by atoms with Crippen molar-refractivity contribution in [1.82, 2.24) is 18.7 Å². The van der Waals surface area contributed by atoms with Crippen LogP contribution in [0.4, 0.5) is 16.0 Å². The highest BCUT2D eigenvalue weighted by Gasteiger charge is 2.30. The van der Waals surface area contributed by atoms with Gasteiger partial charge in [-0.1, -0.05) is 25.1 Å². The number of anilines is 2. The summed E-state index contributed by atoms with van der Waals surface area (Å²) in [5.41, 5.74) is 0.846. The molecular formula is C24H24FN5O3. The van der Waals surface area contributed by atoms with Gasteiger partial charge in [0, 0.05) is 31.4 Å². The van der Waals surface area contributed by atoms with Crippen molar-refractivity contribution in [2.75, 3.05) is 18.6 Å². The van der Waals surface area contributed by atoms with Gasteiger partial charge in [-0.15, -0.1) is 0 Å². The van der Waals surface area contributed by atoms with Crippen LogP contribution in [-0.4, -0.2) is 32.3 Å². The van der Waals surface area contributed by atoms with Crippen molar-refractivity contribution < 1.29 is 9.13 Å². The van der Waals surface area contributed by atoms with Crippen LogP contribution in [0.2, 0.25) is 0 Å². The minimum Gasteiger partial charge on any atom is -0.497 e. The molecule has 2 aromatic carbocycles. The topological polar surface area (TPSA) is 74.3 Å². The third-order valence-corrected chi connectivity index (χ3v) is 6.11. The Morgan fingerprint density at radius 1 is 1.09 bits per heavy atom. The molecule has 33 heavy (non-hydrogen) atoms. The van der Waals surface area contributed by atoms with Crippen molar-refractivity contribution in [3.63, 3.8) is 0 Å². The standard InChI is InChI=1S/C24H24FN5O3/c1-15-12-28(17-8-10-18(33-3)11-9-17)23-26-21-20(29(23)13-15)22(31)30(24(32)27(21)2)14-16-6-4-5-7-19(16)25/h4-11,15H,12-14H2,1-3H3/t15-/m1/s1. The van der Waals surface area contributed by atoms with E-state index in [-0.39, 0.29) is 18.0 Å². The highest BCUT2D eigenvalue weighted by atomic mass is 19.1. The molecule has 5 rings (SSSR count). The molecule has 9 heteroatoms. The number of halogens is 1. The number of nitrogens with zero attached hydrogens (tertiary/aromatic N) is 5. The van der Waals surface area contributed by atoms with Gasteiger partial charge in [-0.05, 0) is 36.2 Å². The second-order valence-corrected chi connectivity index (χ2v) is 8.43. The van der Waals surface area contributed by atoms with Crippen LogP contribution in [0.5, 0.6) is 5.75 Å². The maximum absolute atomic E-state index is 14.3. The zero-order valence-electron chi connectivity index (χ0n) is 18.7. The molecule has 170 valence electrons. The van der Waals surface area contributed by atoms with Crippen molar-refractivity contribution in [2.24, 2.45) is 13.0 Å². The Hall–Kier alpha value is -3.88. The van der Waals surface area contributed by atoms with Crippen LogP contribution in [0.25, 0.3) is 11.2 Å². The molecule has 0 amide bonds. The Labute approximate surface area is 189 Å². The van der Waals surface area contributed by atoms with E-state index in [1.165, 1.54) is 10.6 Å². The van der Waals surface area contributed by atoms with Crippen molar-refractivity contribution in [3.8, 4) is 5.75 Å². The van der Waals surface area contributed by atoms with Crippen LogP contribution in [0.1, 0.15) is 12.5 Å². The Bertz CT molecular complexity index is 1470. The molecule has 0 radical (unpaired) electrons. The van der Waals surface area contributed by atoms with Crippen LogP contribution in [-0.2, 0) is 20.1 Å². The number of hydrogen-bond donors (Lipinski definition) is 0. The third kappa shape index (κ3) is 3.40. The lowest BCUT2D eigenvalue weighted by Crippen LogP contribution is -2.40. The molecular weight excluding hydrogens is 425 g/mol. The SMILES string of the molecule is COc1ccc(N2C[C@@H](C)Cn3c2nc2c3c(=O)n(Cc3ccccc3F)c(=O)n2C)cc1. The second kappa shape index (κ2) is 7.91. The molecule has 0 bridgehead atoms. The molecule has 0 N–H and O–H groups in total.